The molecule has 0 radical (unpaired) electrons. The number of rotatable bonds is 2. The van der Waals surface area contributed by atoms with Gasteiger partial charge in [-0.1, -0.05) is 12.1 Å². The highest BCUT2D eigenvalue weighted by atomic mass is 16.5. The maximum atomic E-state index is 6.25. The van der Waals surface area contributed by atoms with Gasteiger partial charge in [0.05, 0.1) is 11.1 Å². The first kappa shape index (κ1) is 13.7. The molecular weight excluding hydrogens is 286 g/mol. The van der Waals surface area contributed by atoms with E-state index in [1.807, 2.05) is 0 Å². The van der Waals surface area contributed by atoms with Crippen LogP contribution in [-0.2, 0) is 4.74 Å². The summed E-state index contributed by atoms with van der Waals surface area (Å²) in [5.74, 6) is 2.45. The van der Waals surface area contributed by atoms with Crippen molar-refractivity contribution in [2.45, 2.75) is 50.7 Å². The van der Waals surface area contributed by atoms with E-state index in [9.17, 15) is 0 Å². The van der Waals surface area contributed by atoms with Gasteiger partial charge < -0.3 is 10.1 Å². The van der Waals surface area contributed by atoms with Gasteiger partial charge >= 0.3 is 0 Å². The van der Waals surface area contributed by atoms with Crippen molar-refractivity contribution >= 4 is 16.7 Å². The quantitative estimate of drug-likeness (QED) is 0.919. The van der Waals surface area contributed by atoms with Gasteiger partial charge in [-0.15, -0.1) is 0 Å². The number of nitrogens with one attached hydrogen (secondary N) is 1. The van der Waals surface area contributed by atoms with Crippen molar-refractivity contribution in [1.29, 1.82) is 0 Å². The van der Waals surface area contributed by atoms with E-state index in [1.54, 1.807) is 6.33 Å². The van der Waals surface area contributed by atoms with Crippen LogP contribution in [0.3, 0.4) is 0 Å². The normalized spacial score (nSPS) is 35.4. The first-order valence-electron chi connectivity index (χ1n) is 8.89. The third-order valence-electron chi connectivity index (χ3n) is 6.45. The molecule has 1 N–H and O–H groups in total. The largest absolute Gasteiger partial charge is 0.374 e. The highest BCUT2D eigenvalue weighted by Gasteiger charge is 2.62. The molecular formula is C19H23N3O. The molecule has 120 valence electrons. The van der Waals surface area contributed by atoms with Gasteiger partial charge in [-0.2, -0.15) is 0 Å². The van der Waals surface area contributed by atoms with E-state index >= 15 is 0 Å². The molecule has 1 aliphatic heterocycles. The predicted molar refractivity (Wildman–Crippen MR) is 90.4 cm³/mol. The zero-order valence-electron chi connectivity index (χ0n) is 13.6. The third-order valence-corrected chi connectivity index (χ3v) is 6.45. The summed E-state index contributed by atoms with van der Waals surface area (Å²) < 4.78 is 6.25. The number of hydrogen-bond acceptors (Lipinski definition) is 4. The second-order valence-electron chi connectivity index (χ2n) is 7.47. The Hall–Kier alpha value is -1.68. The zero-order chi connectivity index (χ0) is 15.4. The van der Waals surface area contributed by atoms with Crippen LogP contribution in [0.5, 0.6) is 0 Å². The molecule has 2 aromatic rings. The fraction of sp³-hybridized carbons (Fsp3) is 0.579. The molecule has 2 aliphatic carbocycles. The lowest BCUT2D eigenvalue weighted by molar-refractivity contribution is -0.160. The standard InChI is InChI=1S/C19H23N3O/c1-12-4-2-5-14-17(12)20-11-21-18(14)22-16-6-3-8-19-13(7-9-23-19)10-15(16)19/h2,4-5,11,13,15-16H,3,6-10H2,1H3,(H,20,21,22). The second kappa shape index (κ2) is 4.91. The number of anilines is 1. The number of ether oxygens (including phenoxy) is 1. The van der Waals surface area contributed by atoms with Crippen molar-refractivity contribution in [3.8, 4) is 0 Å². The summed E-state index contributed by atoms with van der Waals surface area (Å²) in [5, 5.41) is 4.89. The number of aryl methyl sites for hydroxylation is 1. The molecule has 4 heteroatoms. The Kier molecular flexibility index (Phi) is 2.93. The van der Waals surface area contributed by atoms with Gasteiger partial charge in [-0.25, -0.2) is 9.97 Å². The minimum atomic E-state index is 0.189. The molecule has 1 spiro atoms. The predicted octanol–water partition coefficient (Wildman–Crippen LogP) is 3.70. The fourth-order valence-corrected chi connectivity index (χ4v) is 5.29. The summed E-state index contributed by atoms with van der Waals surface area (Å²) >= 11 is 0. The van der Waals surface area contributed by atoms with E-state index in [0.29, 0.717) is 12.0 Å². The molecule has 2 saturated carbocycles. The van der Waals surface area contributed by atoms with Crippen molar-refractivity contribution in [3.63, 3.8) is 0 Å². The molecule has 0 amide bonds. The Balaban J connectivity index is 1.47. The molecule has 1 saturated heterocycles. The summed E-state index contributed by atoms with van der Waals surface area (Å²) in [6, 6.07) is 6.81. The maximum absolute atomic E-state index is 6.25. The lowest BCUT2D eigenvalue weighted by Crippen LogP contribution is -2.61. The highest BCUT2D eigenvalue weighted by molar-refractivity contribution is 5.90. The maximum Gasteiger partial charge on any atom is 0.137 e. The Morgan fingerprint density at radius 3 is 3.13 bits per heavy atom. The molecule has 3 aliphatic rings. The van der Waals surface area contributed by atoms with E-state index in [0.717, 1.165) is 29.2 Å². The van der Waals surface area contributed by atoms with Gasteiger partial charge in [0.15, 0.2) is 0 Å². The Morgan fingerprint density at radius 2 is 2.22 bits per heavy atom. The van der Waals surface area contributed by atoms with Crippen LogP contribution in [0, 0.1) is 18.8 Å². The highest BCUT2D eigenvalue weighted by Crippen LogP contribution is 2.59. The topological polar surface area (TPSA) is 47.0 Å². The number of benzene rings is 1. The number of hydrogen-bond donors (Lipinski definition) is 1. The molecule has 3 fully saturated rings. The number of para-hydroxylation sites is 1. The van der Waals surface area contributed by atoms with Crippen molar-refractivity contribution in [2.75, 3.05) is 11.9 Å². The molecule has 4 nitrogen and oxygen atoms in total. The Morgan fingerprint density at radius 1 is 1.26 bits per heavy atom. The molecule has 4 atom stereocenters. The summed E-state index contributed by atoms with van der Waals surface area (Å²) in [6.45, 7) is 3.07. The van der Waals surface area contributed by atoms with Crippen LogP contribution in [0.4, 0.5) is 5.82 Å². The molecule has 1 aromatic carbocycles. The van der Waals surface area contributed by atoms with Gasteiger partial charge in [0.1, 0.15) is 12.1 Å². The van der Waals surface area contributed by atoms with Crippen LogP contribution in [0.1, 0.15) is 37.7 Å². The number of nitrogens with zero attached hydrogens (tertiary/aromatic N) is 2. The van der Waals surface area contributed by atoms with Gasteiger partial charge in [-0.05, 0) is 56.6 Å². The van der Waals surface area contributed by atoms with Gasteiger partial charge in [0.25, 0.3) is 0 Å². The SMILES string of the molecule is Cc1cccc2c(NC3CCCC45OCCC4CC35)ncnc12. The molecule has 1 aromatic heterocycles. The van der Waals surface area contributed by atoms with E-state index in [-0.39, 0.29) is 5.60 Å². The summed E-state index contributed by atoms with van der Waals surface area (Å²) in [4.78, 5) is 9.00. The number of fused-ring (bicyclic) bond motifs is 1. The van der Waals surface area contributed by atoms with E-state index < -0.39 is 0 Å². The molecule has 4 unspecified atom stereocenters. The van der Waals surface area contributed by atoms with Crippen molar-refractivity contribution in [2.24, 2.45) is 11.8 Å². The average molecular weight is 309 g/mol. The Labute approximate surface area is 136 Å². The van der Waals surface area contributed by atoms with Crippen LogP contribution >= 0.6 is 0 Å². The minimum absolute atomic E-state index is 0.189. The smallest absolute Gasteiger partial charge is 0.137 e. The average Bonchev–Trinajstić information content (AvgIpc) is 2.83. The zero-order valence-corrected chi connectivity index (χ0v) is 13.6. The molecule has 2 heterocycles. The van der Waals surface area contributed by atoms with Gasteiger partial charge in [-0.3, -0.25) is 0 Å². The molecule has 5 rings (SSSR count). The van der Waals surface area contributed by atoms with E-state index in [2.05, 4.69) is 40.4 Å². The van der Waals surface area contributed by atoms with E-state index in [1.165, 1.54) is 37.7 Å². The van der Waals surface area contributed by atoms with Gasteiger partial charge in [0, 0.05) is 24.0 Å². The third kappa shape index (κ3) is 1.87. The fourth-order valence-electron chi connectivity index (χ4n) is 5.29. The first-order chi connectivity index (χ1) is 11.3. The summed E-state index contributed by atoms with van der Waals surface area (Å²) in [5.41, 5.74) is 2.45. The van der Waals surface area contributed by atoms with Crippen LogP contribution in [0.15, 0.2) is 24.5 Å². The van der Waals surface area contributed by atoms with Crippen molar-refractivity contribution in [3.05, 3.63) is 30.1 Å². The van der Waals surface area contributed by atoms with Crippen LogP contribution in [0.25, 0.3) is 10.9 Å². The van der Waals surface area contributed by atoms with Crippen molar-refractivity contribution < 1.29 is 4.74 Å². The van der Waals surface area contributed by atoms with Crippen LogP contribution in [0.2, 0.25) is 0 Å². The first-order valence-corrected chi connectivity index (χ1v) is 8.89. The summed E-state index contributed by atoms with van der Waals surface area (Å²) in [6.07, 6.45) is 8.00. The van der Waals surface area contributed by atoms with Crippen LogP contribution in [-0.4, -0.2) is 28.2 Å². The summed E-state index contributed by atoms with van der Waals surface area (Å²) in [7, 11) is 0. The molecule has 23 heavy (non-hydrogen) atoms. The Bertz CT molecular complexity index is 761. The molecule has 0 bridgehead atoms. The lowest BCUT2D eigenvalue weighted by Gasteiger charge is -2.57. The van der Waals surface area contributed by atoms with Crippen molar-refractivity contribution in [1.82, 2.24) is 9.97 Å². The number of aromatic nitrogens is 2. The van der Waals surface area contributed by atoms with Crippen LogP contribution < -0.4 is 5.32 Å². The minimum Gasteiger partial charge on any atom is -0.374 e. The second-order valence-corrected chi connectivity index (χ2v) is 7.47. The van der Waals surface area contributed by atoms with Gasteiger partial charge in [0.2, 0.25) is 0 Å². The van der Waals surface area contributed by atoms with E-state index in [4.69, 9.17) is 4.74 Å². The lowest BCUT2D eigenvalue weighted by atomic mass is 9.53. The monoisotopic (exact) mass is 309 g/mol.